The summed E-state index contributed by atoms with van der Waals surface area (Å²) in [4.78, 5) is 0. The maximum absolute atomic E-state index is 9.75. The lowest BCUT2D eigenvalue weighted by molar-refractivity contribution is -0.436. The van der Waals surface area contributed by atoms with E-state index in [0.717, 1.165) is 89.2 Å². The molecule has 0 amide bonds. The highest BCUT2D eigenvalue weighted by Gasteiger charge is 2.31. The molecule has 9 heteroatoms. The van der Waals surface area contributed by atoms with E-state index in [4.69, 9.17) is 9.47 Å². The van der Waals surface area contributed by atoms with Crippen molar-refractivity contribution in [1.82, 2.24) is 4.57 Å². The third-order valence-corrected chi connectivity index (χ3v) is 9.61. The van der Waals surface area contributed by atoms with Crippen LogP contribution in [0.15, 0.2) is 97.1 Å². The number of rotatable bonds is 18. The zero-order valence-corrected chi connectivity index (χ0v) is 32.1. The van der Waals surface area contributed by atoms with Gasteiger partial charge in [0.1, 0.15) is 18.0 Å². The molecule has 54 heavy (non-hydrogen) atoms. The molecule has 1 aromatic heterocycles. The van der Waals surface area contributed by atoms with E-state index in [-0.39, 0.29) is 0 Å². The van der Waals surface area contributed by atoms with E-state index in [1.165, 1.54) is 54.8 Å². The molecule has 2 heterocycles. The predicted octanol–water partition coefficient (Wildman–Crippen LogP) is 12.5. The zero-order chi connectivity index (χ0) is 38.5. The summed E-state index contributed by atoms with van der Waals surface area (Å²) in [6, 6.07) is 22.1. The quantitative estimate of drug-likeness (QED) is 0.0294. The molecule has 0 aliphatic carbocycles. The average molecular weight is 741 g/mol. The normalized spacial score (nSPS) is 13.5. The van der Waals surface area contributed by atoms with Crippen LogP contribution in [0.2, 0.25) is 0 Å². The van der Waals surface area contributed by atoms with Gasteiger partial charge < -0.3 is 31.3 Å². The fourth-order valence-electron chi connectivity index (χ4n) is 7.01. The summed E-state index contributed by atoms with van der Waals surface area (Å²) in [5, 5.41) is 7.58. The first-order chi connectivity index (χ1) is 26.2. The molecule has 0 atom stereocenters. The molecule has 1 aliphatic rings. The Hall–Kier alpha value is -4.79. The smallest absolute Gasteiger partial charge is 0.493 e. The summed E-state index contributed by atoms with van der Waals surface area (Å²) in [6.45, 7) is 12.5. The predicted molar refractivity (Wildman–Crippen MR) is 220 cm³/mol. The van der Waals surface area contributed by atoms with Crippen LogP contribution in [-0.2, 0) is 6.54 Å². The van der Waals surface area contributed by atoms with Crippen molar-refractivity contribution in [2.24, 2.45) is 0 Å². The molecular weight excluding hydrogens is 687 g/mol. The maximum Gasteiger partial charge on any atom is 0.673 e. The largest absolute Gasteiger partial charge is 0.673 e. The number of allylic oxidation sites excluding steroid dienone is 6. The van der Waals surface area contributed by atoms with Gasteiger partial charge in [-0.05, 0) is 49.6 Å². The molecule has 286 valence electrons. The lowest BCUT2D eigenvalue weighted by Crippen LogP contribution is -2.16. The molecule has 0 radical (unpaired) electrons. The summed E-state index contributed by atoms with van der Waals surface area (Å²) in [7, 11) is -6.00. The SMILES string of the molecule is CCCCOc1ccc2c3c(cccc13)C(/C=C/C=C/C=C/C=c1/c3cccc4c(OCCCC)ccc(c43)n1CCCC)=[N+]2CCCC.F[B-](F)(F)F. The Kier molecular flexibility index (Phi) is 14.6. The van der Waals surface area contributed by atoms with Gasteiger partial charge in [0.25, 0.3) is 0 Å². The third kappa shape index (κ3) is 9.84. The second kappa shape index (κ2) is 19.5. The number of unbranched alkanes of at least 4 members (excludes halogenated alkanes) is 4. The number of hydrogen-bond donors (Lipinski definition) is 0. The number of nitrogens with zero attached hydrogens (tertiary/aromatic N) is 2. The molecule has 0 saturated carbocycles. The van der Waals surface area contributed by atoms with Crippen molar-refractivity contribution >= 4 is 57.2 Å². The summed E-state index contributed by atoms with van der Waals surface area (Å²) in [5.74, 6) is 1.98. The van der Waals surface area contributed by atoms with Gasteiger partial charge in [0.2, 0.25) is 11.4 Å². The minimum Gasteiger partial charge on any atom is -0.493 e. The monoisotopic (exact) mass is 740 g/mol. The number of aromatic nitrogens is 1. The van der Waals surface area contributed by atoms with Gasteiger partial charge in [-0.2, -0.15) is 4.58 Å². The molecule has 1 aliphatic heterocycles. The Morgan fingerprint density at radius 1 is 0.630 bits per heavy atom. The summed E-state index contributed by atoms with van der Waals surface area (Å²) >= 11 is 0. The van der Waals surface area contributed by atoms with Gasteiger partial charge in [0.15, 0.2) is 0 Å². The molecule has 6 rings (SSSR count). The third-order valence-electron chi connectivity index (χ3n) is 9.61. The van der Waals surface area contributed by atoms with Crippen molar-refractivity contribution < 1.29 is 31.3 Å². The van der Waals surface area contributed by atoms with E-state index in [1.54, 1.807) is 0 Å². The first-order valence-corrected chi connectivity index (χ1v) is 19.6. The van der Waals surface area contributed by atoms with Crippen molar-refractivity contribution in [3.63, 3.8) is 0 Å². The maximum atomic E-state index is 9.75. The first-order valence-electron chi connectivity index (χ1n) is 19.6. The summed E-state index contributed by atoms with van der Waals surface area (Å²) in [5.41, 5.74) is 5.13. The molecule has 0 fully saturated rings. The lowest BCUT2D eigenvalue weighted by Gasteiger charge is -2.10. The Labute approximate surface area is 317 Å². The number of ether oxygens (including phenoxy) is 2. The van der Waals surface area contributed by atoms with Crippen LogP contribution in [0.1, 0.15) is 84.6 Å². The van der Waals surface area contributed by atoms with Gasteiger partial charge in [-0.25, -0.2) is 0 Å². The van der Waals surface area contributed by atoms with Gasteiger partial charge in [-0.1, -0.05) is 114 Å². The molecule has 0 N–H and O–H groups in total. The van der Waals surface area contributed by atoms with Crippen molar-refractivity contribution in [3.05, 3.63) is 108 Å². The molecule has 0 spiro atoms. The van der Waals surface area contributed by atoms with Crippen LogP contribution in [0, 0.1) is 0 Å². The van der Waals surface area contributed by atoms with E-state index in [2.05, 4.69) is 140 Å². The van der Waals surface area contributed by atoms with Crippen LogP contribution < -0.4 is 14.8 Å². The zero-order valence-electron chi connectivity index (χ0n) is 32.1. The highest BCUT2D eigenvalue weighted by Crippen LogP contribution is 2.40. The standard InChI is InChI=1S/C45H53N2O2.BF4/c1-5-9-30-46-38(34-20-18-22-36-42(48-32-11-7-3)28-26-40(46)44(34)36)24-16-14-13-15-17-25-39-35-21-19-23-37-43(49-33-12-8-4)29-27-41(45(35)37)47(39)31-10-6-2;2-1(3,4)5/h13-29H,5-12,30-33H2,1-4H3;/q+1;-1. The van der Waals surface area contributed by atoms with Gasteiger partial charge in [0.05, 0.1) is 24.2 Å². The topological polar surface area (TPSA) is 26.4 Å². The van der Waals surface area contributed by atoms with Crippen molar-refractivity contribution in [2.75, 3.05) is 19.8 Å². The Morgan fingerprint density at radius 2 is 1.20 bits per heavy atom. The van der Waals surface area contributed by atoms with Gasteiger partial charge >= 0.3 is 7.25 Å². The van der Waals surface area contributed by atoms with Crippen LogP contribution in [0.3, 0.4) is 0 Å². The minimum atomic E-state index is -6.00. The van der Waals surface area contributed by atoms with E-state index in [0.29, 0.717) is 0 Å². The first kappa shape index (κ1) is 40.4. The molecule has 4 nitrogen and oxygen atoms in total. The van der Waals surface area contributed by atoms with Crippen molar-refractivity contribution in [2.45, 2.75) is 85.6 Å². The van der Waals surface area contributed by atoms with Crippen molar-refractivity contribution in [3.8, 4) is 11.5 Å². The second-order valence-electron chi connectivity index (χ2n) is 13.6. The number of halogens is 4. The second-order valence-corrected chi connectivity index (χ2v) is 13.6. The highest BCUT2D eigenvalue weighted by molar-refractivity contribution is 6.50. The summed E-state index contributed by atoms with van der Waals surface area (Å²) in [6.07, 6.45) is 24.3. The average Bonchev–Trinajstić information content (AvgIpc) is 3.63. The van der Waals surface area contributed by atoms with Crippen LogP contribution in [-0.4, -0.2) is 41.9 Å². The fourth-order valence-corrected chi connectivity index (χ4v) is 7.01. The molecule has 0 saturated heterocycles. The van der Waals surface area contributed by atoms with E-state index < -0.39 is 7.25 Å². The Bertz CT molecular complexity index is 2190. The van der Waals surface area contributed by atoms with Crippen LogP contribution >= 0.6 is 0 Å². The molecule has 0 unspecified atom stereocenters. The van der Waals surface area contributed by atoms with Crippen LogP contribution in [0.25, 0.3) is 38.5 Å². The minimum absolute atomic E-state index is 0.759. The molecule has 4 aromatic carbocycles. The Morgan fingerprint density at radius 3 is 1.87 bits per heavy atom. The van der Waals surface area contributed by atoms with Gasteiger partial charge in [0, 0.05) is 57.5 Å². The highest BCUT2D eigenvalue weighted by atomic mass is 19.5. The van der Waals surface area contributed by atoms with Gasteiger partial charge in [-0.3, -0.25) is 0 Å². The Balaban J connectivity index is 0.00000105. The van der Waals surface area contributed by atoms with Crippen LogP contribution in [0.5, 0.6) is 11.5 Å². The lowest BCUT2D eigenvalue weighted by atomic mass is 10.0. The number of aryl methyl sites for hydroxylation is 1. The van der Waals surface area contributed by atoms with Crippen molar-refractivity contribution in [1.29, 1.82) is 0 Å². The number of benzene rings is 4. The van der Waals surface area contributed by atoms with Crippen LogP contribution in [0.4, 0.5) is 23.0 Å². The summed E-state index contributed by atoms with van der Waals surface area (Å²) < 4.78 is 56.4. The fraction of sp³-hybridized carbons (Fsp3) is 0.356. The number of hydrogen-bond acceptors (Lipinski definition) is 2. The van der Waals surface area contributed by atoms with E-state index >= 15 is 0 Å². The van der Waals surface area contributed by atoms with Gasteiger partial charge in [-0.15, -0.1) is 0 Å². The molecule has 5 aromatic rings. The molecular formula is C45H53BF4N2O2. The molecule has 0 bridgehead atoms. The van der Waals surface area contributed by atoms with E-state index in [1.807, 2.05) is 0 Å². The van der Waals surface area contributed by atoms with E-state index in [9.17, 15) is 17.3 Å².